The molecule has 3 rings (SSSR count). The van der Waals surface area contributed by atoms with E-state index in [-0.39, 0.29) is 35.7 Å². The average Bonchev–Trinajstić information content (AvgIpc) is 2.93. The molecule has 2 unspecified atom stereocenters. The Balaban J connectivity index is 1.74. The molecule has 3 aliphatic rings. The summed E-state index contributed by atoms with van der Waals surface area (Å²) in [5, 5.41) is 0. The molecule has 0 radical (unpaired) electrons. The van der Waals surface area contributed by atoms with Crippen molar-refractivity contribution in [2.45, 2.75) is 37.8 Å². The summed E-state index contributed by atoms with van der Waals surface area (Å²) in [5.74, 6) is -1.23. The largest absolute Gasteiger partial charge is 0.272 e. The van der Waals surface area contributed by atoms with Crippen molar-refractivity contribution in [3.63, 3.8) is 0 Å². The summed E-state index contributed by atoms with van der Waals surface area (Å²) >= 11 is 0. The molecule has 0 spiro atoms. The molecule has 104 valence electrons. The summed E-state index contributed by atoms with van der Waals surface area (Å²) in [6.45, 7) is 0. The van der Waals surface area contributed by atoms with Gasteiger partial charge in [-0.3, -0.25) is 29.0 Å². The van der Waals surface area contributed by atoms with Crippen LogP contribution in [0.15, 0.2) is 24.3 Å². The average molecular weight is 274 g/mol. The monoisotopic (exact) mass is 274 g/mol. The summed E-state index contributed by atoms with van der Waals surface area (Å²) in [4.78, 5) is 49.3. The predicted molar refractivity (Wildman–Crippen MR) is 68.0 cm³/mol. The Hall–Kier alpha value is -2.24. The Kier molecular flexibility index (Phi) is 3.00. The minimum absolute atomic E-state index is 0.232. The number of rotatable bonds is 2. The molecule has 0 aromatic heterocycles. The number of carbonyl (C=O) groups excluding carboxylic acids is 4. The van der Waals surface area contributed by atoms with Crippen molar-refractivity contribution < 1.29 is 19.2 Å². The van der Waals surface area contributed by atoms with Crippen LogP contribution in [-0.4, -0.2) is 45.5 Å². The maximum Gasteiger partial charge on any atom is 0.253 e. The molecule has 20 heavy (non-hydrogen) atoms. The van der Waals surface area contributed by atoms with Crippen molar-refractivity contribution in [2.75, 3.05) is 0 Å². The van der Waals surface area contributed by atoms with Crippen LogP contribution in [-0.2, 0) is 19.2 Å². The van der Waals surface area contributed by atoms with Crippen LogP contribution < -0.4 is 0 Å². The molecule has 0 bridgehead atoms. The number of imide groups is 2. The molecule has 4 amide bonds. The van der Waals surface area contributed by atoms with Crippen molar-refractivity contribution in [3.8, 4) is 0 Å². The molecular formula is C14H14N2O4. The molecule has 2 heterocycles. The van der Waals surface area contributed by atoms with Gasteiger partial charge >= 0.3 is 0 Å². The highest BCUT2D eigenvalue weighted by Gasteiger charge is 2.39. The minimum Gasteiger partial charge on any atom is -0.272 e. The van der Waals surface area contributed by atoms with Crippen LogP contribution in [0.1, 0.15) is 25.7 Å². The van der Waals surface area contributed by atoms with Crippen LogP contribution in [0, 0.1) is 0 Å². The van der Waals surface area contributed by atoms with Gasteiger partial charge in [0, 0.05) is 36.4 Å². The zero-order chi connectivity index (χ0) is 14.3. The number of carbonyl (C=O) groups is 4. The molecule has 0 aromatic carbocycles. The molecular weight excluding hydrogens is 260 g/mol. The maximum absolute atomic E-state index is 11.7. The first kappa shape index (κ1) is 12.8. The van der Waals surface area contributed by atoms with Gasteiger partial charge in [0.15, 0.2) is 0 Å². The van der Waals surface area contributed by atoms with E-state index in [1.807, 2.05) is 0 Å². The fourth-order valence-corrected chi connectivity index (χ4v) is 3.15. The van der Waals surface area contributed by atoms with E-state index in [4.69, 9.17) is 0 Å². The quantitative estimate of drug-likeness (QED) is 0.672. The van der Waals surface area contributed by atoms with E-state index in [0.29, 0.717) is 6.42 Å². The Labute approximate surface area is 115 Å². The first-order chi connectivity index (χ1) is 9.58. The fraction of sp³-hybridized carbons (Fsp3) is 0.429. The van der Waals surface area contributed by atoms with E-state index in [0.717, 1.165) is 19.3 Å². The number of nitrogens with zero attached hydrogens (tertiary/aromatic N) is 2. The lowest BCUT2D eigenvalue weighted by Gasteiger charge is -2.37. The summed E-state index contributed by atoms with van der Waals surface area (Å²) in [7, 11) is 0. The zero-order valence-electron chi connectivity index (χ0n) is 10.8. The van der Waals surface area contributed by atoms with Crippen LogP contribution in [0.3, 0.4) is 0 Å². The second-order valence-corrected chi connectivity index (χ2v) is 5.23. The van der Waals surface area contributed by atoms with E-state index in [1.165, 1.54) is 34.1 Å². The molecule has 6 heteroatoms. The maximum atomic E-state index is 11.7. The van der Waals surface area contributed by atoms with Crippen molar-refractivity contribution >= 4 is 23.6 Å². The molecule has 2 aliphatic heterocycles. The minimum atomic E-state index is -0.308. The number of amides is 4. The van der Waals surface area contributed by atoms with E-state index >= 15 is 0 Å². The van der Waals surface area contributed by atoms with Crippen molar-refractivity contribution in [1.82, 2.24) is 9.80 Å². The Morgan fingerprint density at radius 1 is 0.700 bits per heavy atom. The second-order valence-electron chi connectivity index (χ2n) is 5.23. The molecule has 0 N–H and O–H groups in total. The third-order valence-electron chi connectivity index (χ3n) is 4.04. The van der Waals surface area contributed by atoms with Crippen LogP contribution >= 0.6 is 0 Å². The smallest absolute Gasteiger partial charge is 0.253 e. The van der Waals surface area contributed by atoms with Crippen molar-refractivity contribution in [2.24, 2.45) is 0 Å². The van der Waals surface area contributed by atoms with E-state index in [2.05, 4.69) is 0 Å². The molecule has 1 fully saturated rings. The molecule has 2 atom stereocenters. The van der Waals surface area contributed by atoms with Gasteiger partial charge in [-0.05, 0) is 25.7 Å². The van der Waals surface area contributed by atoms with E-state index in [1.54, 1.807) is 0 Å². The van der Waals surface area contributed by atoms with Gasteiger partial charge in [0.25, 0.3) is 23.6 Å². The summed E-state index contributed by atoms with van der Waals surface area (Å²) in [5.41, 5.74) is 0. The standard InChI is InChI=1S/C14H14N2O4/c17-11-4-5-12(18)15(11)9-2-1-3-10(8-9)16-13(19)6-7-14(16)20/h4-7,9-10H,1-3,8H2. The topological polar surface area (TPSA) is 74.8 Å². The van der Waals surface area contributed by atoms with Gasteiger partial charge in [-0.2, -0.15) is 0 Å². The van der Waals surface area contributed by atoms with E-state index < -0.39 is 0 Å². The number of hydrogen-bond donors (Lipinski definition) is 0. The van der Waals surface area contributed by atoms with Gasteiger partial charge in [-0.15, -0.1) is 0 Å². The highest BCUT2D eigenvalue weighted by Crippen LogP contribution is 2.29. The van der Waals surface area contributed by atoms with Crippen LogP contribution in [0.5, 0.6) is 0 Å². The van der Waals surface area contributed by atoms with Gasteiger partial charge in [0.2, 0.25) is 0 Å². The predicted octanol–water partition coefficient (Wildman–Crippen LogP) is 0.148. The van der Waals surface area contributed by atoms with Crippen LogP contribution in [0.2, 0.25) is 0 Å². The van der Waals surface area contributed by atoms with Gasteiger partial charge in [0.1, 0.15) is 0 Å². The lowest BCUT2D eigenvalue weighted by molar-refractivity contribution is -0.142. The second kappa shape index (κ2) is 4.70. The number of hydrogen-bond acceptors (Lipinski definition) is 4. The lowest BCUT2D eigenvalue weighted by Crippen LogP contribution is -2.49. The Bertz CT molecular complexity index is 480. The Morgan fingerprint density at radius 2 is 1.05 bits per heavy atom. The van der Waals surface area contributed by atoms with Crippen molar-refractivity contribution in [3.05, 3.63) is 24.3 Å². The third kappa shape index (κ3) is 1.97. The SMILES string of the molecule is O=C1C=CC(=O)N1C1CCCC(N2C(=O)C=CC2=O)C1. The van der Waals surface area contributed by atoms with Gasteiger partial charge < -0.3 is 0 Å². The Morgan fingerprint density at radius 3 is 1.40 bits per heavy atom. The highest BCUT2D eigenvalue weighted by atomic mass is 16.2. The summed E-state index contributed by atoms with van der Waals surface area (Å²) < 4.78 is 0. The highest BCUT2D eigenvalue weighted by molar-refractivity contribution is 6.14. The van der Waals surface area contributed by atoms with E-state index in [9.17, 15) is 19.2 Å². The zero-order valence-corrected chi connectivity index (χ0v) is 10.8. The molecule has 1 saturated carbocycles. The van der Waals surface area contributed by atoms with Crippen LogP contribution in [0.4, 0.5) is 0 Å². The van der Waals surface area contributed by atoms with Crippen molar-refractivity contribution in [1.29, 1.82) is 0 Å². The fourth-order valence-electron chi connectivity index (χ4n) is 3.15. The molecule has 0 saturated heterocycles. The first-order valence-electron chi connectivity index (χ1n) is 6.68. The summed E-state index contributed by atoms with van der Waals surface area (Å²) in [6.07, 6.45) is 7.75. The lowest BCUT2D eigenvalue weighted by atomic mass is 9.89. The van der Waals surface area contributed by atoms with Gasteiger partial charge in [0.05, 0.1) is 0 Å². The van der Waals surface area contributed by atoms with Gasteiger partial charge in [-0.25, -0.2) is 0 Å². The van der Waals surface area contributed by atoms with Crippen LogP contribution in [0.25, 0.3) is 0 Å². The molecule has 0 aromatic rings. The first-order valence-corrected chi connectivity index (χ1v) is 6.68. The third-order valence-corrected chi connectivity index (χ3v) is 4.04. The molecule has 6 nitrogen and oxygen atoms in total. The summed E-state index contributed by atoms with van der Waals surface area (Å²) in [6, 6.07) is -0.463. The molecule has 1 aliphatic carbocycles. The normalized spacial score (nSPS) is 30.0. The van der Waals surface area contributed by atoms with Gasteiger partial charge in [-0.1, -0.05) is 0 Å².